The van der Waals surface area contributed by atoms with Crippen molar-refractivity contribution in [2.24, 2.45) is 0 Å². The Balaban J connectivity index is 1.63. The van der Waals surface area contributed by atoms with Gasteiger partial charge in [0, 0.05) is 30.8 Å². The van der Waals surface area contributed by atoms with Crippen molar-refractivity contribution in [2.45, 2.75) is 45.1 Å². The lowest BCUT2D eigenvalue weighted by Gasteiger charge is -2.33. The lowest BCUT2D eigenvalue weighted by Crippen LogP contribution is -2.45. The van der Waals surface area contributed by atoms with E-state index in [0.29, 0.717) is 28.9 Å². The molecule has 1 aromatic heterocycles. The summed E-state index contributed by atoms with van der Waals surface area (Å²) in [6, 6.07) is 3.73. The molecule has 2 atom stereocenters. The monoisotopic (exact) mass is 433 g/mol. The van der Waals surface area contributed by atoms with E-state index in [1.165, 1.54) is 28.8 Å². The third-order valence-corrected chi connectivity index (χ3v) is 5.94. The van der Waals surface area contributed by atoms with Crippen LogP contribution in [0, 0.1) is 12.7 Å². The van der Waals surface area contributed by atoms with Gasteiger partial charge in [0.2, 0.25) is 0 Å². The smallest absolute Gasteiger partial charge is 0.322 e. The second-order valence-corrected chi connectivity index (χ2v) is 8.48. The van der Waals surface area contributed by atoms with Crippen molar-refractivity contribution in [1.82, 2.24) is 19.6 Å². The van der Waals surface area contributed by atoms with Crippen LogP contribution in [0.1, 0.15) is 34.2 Å². The molecule has 3 heterocycles. The average Bonchev–Trinajstić information content (AvgIpc) is 3.00. The molecule has 2 unspecified atom stereocenters. The van der Waals surface area contributed by atoms with Crippen molar-refractivity contribution in [1.29, 1.82) is 0 Å². The molecule has 166 valence electrons. The molecule has 0 spiro atoms. The van der Waals surface area contributed by atoms with E-state index in [0.717, 1.165) is 0 Å². The number of alkyl halides is 1. The largest absolute Gasteiger partial charge is 0.393 e. The minimum Gasteiger partial charge on any atom is -0.393 e. The first kappa shape index (κ1) is 21.2. The van der Waals surface area contributed by atoms with E-state index in [1.807, 2.05) is 6.92 Å². The maximum Gasteiger partial charge on any atom is 0.322 e. The third-order valence-electron chi connectivity index (χ3n) is 5.94. The predicted octanol–water partition coefficient (Wildman–Crippen LogP) is 2.10. The number of aromatic nitrogens is 2. The predicted molar refractivity (Wildman–Crippen MR) is 109 cm³/mol. The van der Waals surface area contributed by atoms with Crippen LogP contribution < -0.4 is 5.32 Å². The lowest BCUT2D eigenvalue weighted by molar-refractivity contribution is 0.0291. The van der Waals surface area contributed by atoms with Crippen LogP contribution in [0.5, 0.6) is 0 Å². The number of carbonyl (C=O) groups is 2. The number of aliphatic hydroxyl groups is 1. The molecular formula is C21H25F2N5O3. The van der Waals surface area contributed by atoms with Crippen molar-refractivity contribution < 1.29 is 23.5 Å². The molecule has 0 aliphatic carbocycles. The number of benzene rings is 1. The minimum atomic E-state index is -1.99. The highest BCUT2D eigenvalue weighted by Gasteiger charge is 2.42. The number of carbonyl (C=O) groups excluding carboxylic acids is 2. The summed E-state index contributed by atoms with van der Waals surface area (Å²) in [5, 5.41) is 16.7. The van der Waals surface area contributed by atoms with Gasteiger partial charge in [-0.25, -0.2) is 13.6 Å². The number of halogens is 2. The van der Waals surface area contributed by atoms with Gasteiger partial charge in [0.25, 0.3) is 5.91 Å². The van der Waals surface area contributed by atoms with Crippen LogP contribution >= 0.6 is 0 Å². The zero-order valence-corrected chi connectivity index (χ0v) is 17.7. The zero-order valence-electron chi connectivity index (χ0n) is 17.7. The van der Waals surface area contributed by atoms with Crippen LogP contribution in [0.25, 0.3) is 0 Å². The molecule has 0 saturated carbocycles. The fourth-order valence-corrected chi connectivity index (χ4v) is 4.23. The number of fused-ring (bicyclic) bond motifs is 3. The molecule has 0 bridgehead atoms. The highest BCUT2D eigenvalue weighted by molar-refractivity contribution is 5.95. The molecule has 2 aliphatic rings. The molecule has 2 N–H and O–H groups in total. The van der Waals surface area contributed by atoms with E-state index in [4.69, 9.17) is 0 Å². The molecule has 8 nitrogen and oxygen atoms in total. The van der Waals surface area contributed by atoms with Crippen LogP contribution in [0.4, 0.5) is 19.3 Å². The molecule has 10 heteroatoms. The Bertz CT molecular complexity index is 1060. The van der Waals surface area contributed by atoms with Gasteiger partial charge in [-0.15, -0.1) is 0 Å². The van der Waals surface area contributed by atoms with Crippen LogP contribution in [-0.4, -0.2) is 68.5 Å². The fourth-order valence-electron chi connectivity index (χ4n) is 4.23. The number of aryl methyl sites for hydroxylation is 1. The molecule has 2 aliphatic heterocycles. The topological polar surface area (TPSA) is 90.7 Å². The number of urea groups is 1. The molecule has 0 radical (unpaired) electrons. The Morgan fingerprint density at radius 3 is 2.81 bits per heavy atom. The minimum absolute atomic E-state index is 0.135. The van der Waals surface area contributed by atoms with Crippen molar-refractivity contribution in [2.75, 3.05) is 25.5 Å². The Hall–Kier alpha value is -3.01. The zero-order chi connectivity index (χ0) is 22.5. The van der Waals surface area contributed by atoms with Crippen molar-refractivity contribution >= 4 is 17.6 Å². The molecule has 4 rings (SSSR count). The number of aliphatic hydroxyl groups excluding tert-OH is 1. The van der Waals surface area contributed by atoms with Gasteiger partial charge in [0.15, 0.2) is 5.67 Å². The summed E-state index contributed by atoms with van der Waals surface area (Å²) in [7, 11) is 1.48. The molecule has 3 amide bonds. The molecule has 2 aromatic rings. The highest BCUT2D eigenvalue weighted by Crippen LogP contribution is 2.31. The first-order chi connectivity index (χ1) is 14.6. The average molecular weight is 433 g/mol. The summed E-state index contributed by atoms with van der Waals surface area (Å²) in [5.41, 5.74) is 0.370. The number of rotatable bonds is 2. The van der Waals surface area contributed by atoms with Gasteiger partial charge in [0.1, 0.15) is 11.5 Å². The SMILES string of the molecule is Cc1cc(NC(=O)N2Cc3c(nn4c3C(=O)N(C)CC(F)(CO)C4)CC2C)ccc1F. The van der Waals surface area contributed by atoms with E-state index in [2.05, 4.69) is 10.4 Å². The van der Waals surface area contributed by atoms with Gasteiger partial charge in [0.05, 0.1) is 31.9 Å². The maximum atomic E-state index is 15.0. The number of hydrogen-bond donors (Lipinski definition) is 2. The second-order valence-electron chi connectivity index (χ2n) is 8.48. The molecule has 0 fully saturated rings. The summed E-state index contributed by atoms with van der Waals surface area (Å²) in [6.45, 7) is 2.40. The van der Waals surface area contributed by atoms with Crippen molar-refractivity contribution in [3.8, 4) is 0 Å². The highest BCUT2D eigenvalue weighted by atomic mass is 19.1. The molecule has 31 heavy (non-hydrogen) atoms. The van der Waals surface area contributed by atoms with Gasteiger partial charge in [-0.1, -0.05) is 0 Å². The van der Waals surface area contributed by atoms with E-state index in [1.54, 1.807) is 17.9 Å². The Morgan fingerprint density at radius 2 is 2.13 bits per heavy atom. The van der Waals surface area contributed by atoms with Crippen LogP contribution in [0.2, 0.25) is 0 Å². The van der Waals surface area contributed by atoms with Gasteiger partial charge >= 0.3 is 6.03 Å². The summed E-state index contributed by atoms with van der Waals surface area (Å²) in [6.07, 6.45) is 0.403. The van der Waals surface area contributed by atoms with Crippen LogP contribution in [-0.2, 0) is 19.5 Å². The van der Waals surface area contributed by atoms with Gasteiger partial charge in [-0.2, -0.15) is 5.10 Å². The first-order valence-electron chi connectivity index (χ1n) is 10.1. The number of nitrogens with zero attached hydrogens (tertiary/aromatic N) is 4. The van der Waals surface area contributed by atoms with Crippen LogP contribution in [0.15, 0.2) is 18.2 Å². The van der Waals surface area contributed by atoms with E-state index in [9.17, 15) is 19.1 Å². The van der Waals surface area contributed by atoms with Crippen molar-refractivity contribution in [3.63, 3.8) is 0 Å². The summed E-state index contributed by atoms with van der Waals surface area (Å²) < 4.78 is 29.8. The number of anilines is 1. The van der Waals surface area contributed by atoms with Gasteiger partial charge < -0.3 is 20.2 Å². The second kappa shape index (κ2) is 7.60. The normalized spacial score (nSPS) is 23.3. The lowest BCUT2D eigenvalue weighted by atomic mass is 9.99. The Kier molecular flexibility index (Phi) is 5.20. The molecule has 1 aromatic carbocycles. The first-order valence-corrected chi connectivity index (χ1v) is 10.1. The quantitative estimate of drug-likeness (QED) is 0.759. The van der Waals surface area contributed by atoms with Crippen LogP contribution in [0.3, 0.4) is 0 Å². The van der Waals surface area contributed by atoms with Gasteiger partial charge in [-0.3, -0.25) is 9.48 Å². The number of amides is 3. The van der Waals surface area contributed by atoms with Crippen molar-refractivity contribution in [3.05, 3.63) is 46.5 Å². The fraction of sp³-hybridized carbons (Fsp3) is 0.476. The third kappa shape index (κ3) is 3.76. The summed E-state index contributed by atoms with van der Waals surface area (Å²) in [5.74, 6) is -0.753. The van der Waals surface area contributed by atoms with Gasteiger partial charge in [-0.05, 0) is 37.6 Å². The van der Waals surface area contributed by atoms with E-state index in [-0.39, 0.29) is 43.2 Å². The summed E-state index contributed by atoms with van der Waals surface area (Å²) >= 11 is 0. The van der Waals surface area contributed by atoms with E-state index >= 15 is 4.39 Å². The Labute approximate surface area is 178 Å². The maximum absolute atomic E-state index is 15.0. The standard InChI is InChI=1S/C21H25F2N5O3/c1-12-6-14(4-5-16(12)22)24-20(31)27-8-15-17(7-13(27)2)25-28-10-21(23,11-29)9-26(3)19(30)18(15)28/h4-6,13,29H,7-11H2,1-3H3,(H,24,31). The molecule has 0 saturated heterocycles. The molecular weight excluding hydrogens is 408 g/mol. The van der Waals surface area contributed by atoms with E-state index < -0.39 is 18.2 Å². The number of nitrogens with one attached hydrogen (secondary N) is 1. The number of hydrogen-bond acceptors (Lipinski definition) is 4. The Morgan fingerprint density at radius 1 is 1.39 bits per heavy atom. The summed E-state index contributed by atoms with van der Waals surface area (Å²) in [4.78, 5) is 28.7.